The second-order valence-electron chi connectivity index (χ2n) is 6.63. The lowest BCUT2D eigenvalue weighted by atomic mass is 9.63. The van der Waals surface area contributed by atoms with Crippen molar-refractivity contribution in [3.05, 3.63) is 0 Å². The van der Waals surface area contributed by atoms with Crippen LogP contribution in [0.25, 0.3) is 0 Å². The van der Waals surface area contributed by atoms with Gasteiger partial charge in [0.15, 0.2) is 0 Å². The molecular formula is C15H24O4. The Morgan fingerprint density at radius 3 is 2.42 bits per heavy atom. The highest BCUT2D eigenvalue weighted by atomic mass is 16.3. The fourth-order valence-corrected chi connectivity index (χ4v) is 3.06. The standard InChI is InChI=1S/C15H24O4/c1-5-11(17)8-15(9-13(2,3)10-16)12(18)6-7-14(15,4)19/h10,19H,5-9H2,1-4H3/t14-,15+/m0/s1. The molecule has 0 aromatic rings. The van der Waals surface area contributed by atoms with Gasteiger partial charge in [0.1, 0.15) is 17.9 Å². The fraction of sp³-hybridized carbons (Fsp3) is 0.800. The van der Waals surface area contributed by atoms with Crippen LogP contribution in [0.4, 0.5) is 0 Å². The predicted molar refractivity (Wildman–Crippen MR) is 71.7 cm³/mol. The van der Waals surface area contributed by atoms with Gasteiger partial charge in [-0.3, -0.25) is 9.59 Å². The number of hydrogen-bond donors (Lipinski definition) is 1. The Kier molecular flexibility index (Phi) is 4.35. The highest BCUT2D eigenvalue weighted by molar-refractivity contribution is 5.94. The topological polar surface area (TPSA) is 71.4 Å². The van der Waals surface area contributed by atoms with Gasteiger partial charge >= 0.3 is 0 Å². The summed E-state index contributed by atoms with van der Waals surface area (Å²) in [5.41, 5.74) is -3.04. The first kappa shape index (κ1) is 16.0. The van der Waals surface area contributed by atoms with Crippen molar-refractivity contribution in [1.29, 1.82) is 0 Å². The van der Waals surface area contributed by atoms with Crippen molar-refractivity contribution in [3.8, 4) is 0 Å². The van der Waals surface area contributed by atoms with Gasteiger partial charge in [-0.1, -0.05) is 20.8 Å². The SMILES string of the molecule is CCC(=O)C[C@@]1(CC(C)(C)C=O)C(=O)CC[C@]1(C)O. The molecule has 1 saturated carbocycles. The molecule has 1 N–H and O–H groups in total. The molecule has 0 spiro atoms. The van der Waals surface area contributed by atoms with Crippen molar-refractivity contribution >= 4 is 17.9 Å². The summed E-state index contributed by atoms with van der Waals surface area (Å²) in [6, 6.07) is 0. The van der Waals surface area contributed by atoms with Crippen LogP contribution in [-0.2, 0) is 14.4 Å². The quantitative estimate of drug-likeness (QED) is 0.749. The third kappa shape index (κ3) is 2.94. The minimum Gasteiger partial charge on any atom is -0.389 e. The summed E-state index contributed by atoms with van der Waals surface area (Å²) in [6.45, 7) is 6.83. The Bertz CT molecular complexity index is 395. The molecule has 0 heterocycles. The number of aliphatic hydroxyl groups is 1. The van der Waals surface area contributed by atoms with Crippen LogP contribution in [0.15, 0.2) is 0 Å². The number of hydrogen-bond acceptors (Lipinski definition) is 4. The van der Waals surface area contributed by atoms with Gasteiger partial charge in [0.25, 0.3) is 0 Å². The van der Waals surface area contributed by atoms with E-state index in [2.05, 4.69) is 0 Å². The van der Waals surface area contributed by atoms with Gasteiger partial charge < -0.3 is 9.90 Å². The summed E-state index contributed by atoms with van der Waals surface area (Å²) in [7, 11) is 0. The van der Waals surface area contributed by atoms with Crippen LogP contribution in [0.5, 0.6) is 0 Å². The van der Waals surface area contributed by atoms with Crippen molar-refractivity contribution in [2.75, 3.05) is 0 Å². The molecule has 4 heteroatoms. The van der Waals surface area contributed by atoms with Crippen molar-refractivity contribution in [1.82, 2.24) is 0 Å². The molecule has 0 amide bonds. The van der Waals surface area contributed by atoms with Crippen LogP contribution < -0.4 is 0 Å². The van der Waals surface area contributed by atoms with Crippen molar-refractivity contribution in [2.45, 2.75) is 65.4 Å². The molecule has 0 unspecified atom stereocenters. The number of carbonyl (C=O) groups is 3. The fourth-order valence-electron chi connectivity index (χ4n) is 3.06. The Morgan fingerprint density at radius 2 is 2.05 bits per heavy atom. The van der Waals surface area contributed by atoms with Crippen LogP contribution in [0.3, 0.4) is 0 Å². The highest BCUT2D eigenvalue weighted by Gasteiger charge is 2.59. The van der Waals surface area contributed by atoms with E-state index in [1.807, 2.05) is 0 Å². The Balaban J connectivity index is 3.20. The van der Waals surface area contributed by atoms with E-state index in [1.54, 1.807) is 27.7 Å². The number of aldehydes is 1. The zero-order chi connectivity index (χ0) is 14.9. The third-order valence-corrected chi connectivity index (χ3v) is 4.37. The summed E-state index contributed by atoms with van der Waals surface area (Å²) in [5.74, 6) is -0.133. The Hall–Kier alpha value is -1.03. The summed E-state index contributed by atoms with van der Waals surface area (Å²) in [6.07, 6.45) is 2.03. The second kappa shape index (κ2) is 5.16. The van der Waals surface area contributed by atoms with E-state index in [1.165, 1.54) is 0 Å². The predicted octanol–water partition coefficient (Wildman–Crippen LogP) is 2.07. The zero-order valence-electron chi connectivity index (χ0n) is 12.3. The number of Topliss-reactive ketones (excluding diaryl/α,β-unsaturated/α-hetero) is 2. The average molecular weight is 268 g/mol. The molecule has 0 aliphatic heterocycles. The maximum absolute atomic E-state index is 12.3. The molecule has 0 saturated heterocycles. The maximum Gasteiger partial charge on any atom is 0.142 e. The minimum atomic E-state index is -1.21. The van der Waals surface area contributed by atoms with Gasteiger partial charge in [0.05, 0.1) is 11.0 Å². The molecule has 19 heavy (non-hydrogen) atoms. The summed E-state index contributed by atoms with van der Waals surface area (Å²) in [5, 5.41) is 10.6. The van der Waals surface area contributed by atoms with E-state index >= 15 is 0 Å². The molecule has 1 fully saturated rings. The van der Waals surface area contributed by atoms with Gasteiger partial charge in [-0.25, -0.2) is 0 Å². The van der Waals surface area contributed by atoms with E-state index in [-0.39, 0.29) is 30.8 Å². The second-order valence-corrected chi connectivity index (χ2v) is 6.63. The lowest BCUT2D eigenvalue weighted by molar-refractivity contribution is -0.147. The smallest absolute Gasteiger partial charge is 0.142 e. The highest BCUT2D eigenvalue weighted by Crippen LogP contribution is 2.52. The average Bonchev–Trinajstić information content (AvgIpc) is 2.53. The van der Waals surface area contributed by atoms with Gasteiger partial charge in [-0.2, -0.15) is 0 Å². The summed E-state index contributed by atoms with van der Waals surface area (Å²) < 4.78 is 0. The van der Waals surface area contributed by atoms with Gasteiger partial charge in [0, 0.05) is 24.7 Å². The molecular weight excluding hydrogens is 244 g/mol. The molecule has 4 nitrogen and oxygen atoms in total. The van der Waals surface area contributed by atoms with Gasteiger partial charge in [-0.05, 0) is 19.8 Å². The van der Waals surface area contributed by atoms with Crippen molar-refractivity contribution < 1.29 is 19.5 Å². The lowest BCUT2D eigenvalue weighted by Gasteiger charge is -2.41. The molecule has 1 rings (SSSR count). The van der Waals surface area contributed by atoms with E-state index in [0.29, 0.717) is 12.8 Å². The molecule has 0 aromatic heterocycles. The lowest BCUT2D eigenvalue weighted by Crippen LogP contribution is -2.49. The molecule has 0 bridgehead atoms. The zero-order valence-corrected chi connectivity index (χ0v) is 12.3. The summed E-state index contributed by atoms with van der Waals surface area (Å²) in [4.78, 5) is 35.3. The maximum atomic E-state index is 12.3. The van der Waals surface area contributed by atoms with Gasteiger partial charge in [0.2, 0.25) is 0 Å². The third-order valence-electron chi connectivity index (χ3n) is 4.37. The molecule has 1 aliphatic carbocycles. The minimum absolute atomic E-state index is 0.0343. The van der Waals surface area contributed by atoms with Crippen LogP contribution in [0.1, 0.15) is 59.8 Å². The number of rotatable bonds is 6. The van der Waals surface area contributed by atoms with Crippen LogP contribution in [0.2, 0.25) is 0 Å². The first-order valence-electron chi connectivity index (χ1n) is 6.84. The molecule has 0 aromatic carbocycles. The van der Waals surface area contributed by atoms with Crippen molar-refractivity contribution in [2.24, 2.45) is 10.8 Å². The molecule has 1 aliphatic rings. The molecule has 0 radical (unpaired) electrons. The monoisotopic (exact) mass is 268 g/mol. The van der Waals surface area contributed by atoms with Crippen LogP contribution in [-0.4, -0.2) is 28.6 Å². The largest absolute Gasteiger partial charge is 0.389 e. The first-order valence-corrected chi connectivity index (χ1v) is 6.84. The van der Waals surface area contributed by atoms with E-state index in [4.69, 9.17) is 0 Å². The Labute approximate surface area is 114 Å². The van der Waals surface area contributed by atoms with Crippen LogP contribution >= 0.6 is 0 Å². The molecule has 108 valence electrons. The Morgan fingerprint density at radius 1 is 1.47 bits per heavy atom. The number of ketones is 2. The van der Waals surface area contributed by atoms with E-state index in [9.17, 15) is 19.5 Å². The van der Waals surface area contributed by atoms with Crippen molar-refractivity contribution in [3.63, 3.8) is 0 Å². The van der Waals surface area contributed by atoms with E-state index in [0.717, 1.165) is 6.29 Å². The van der Waals surface area contributed by atoms with Gasteiger partial charge in [-0.15, -0.1) is 0 Å². The molecule has 2 atom stereocenters. The number of carbonyl (C=O) groups excluding carboxylic acids is 3. The normalized spacial score (nSPS) is 31.5. The van der Waals surface area contributed by atoms with E-state index < -0.39 is 16.4 Å². The van der Waals surface area contributed by atoms with Crippen LogP contribution in [0, 0.1) is 10.8 Å². The summed E-state index contributed by atoms with van der Waals surface area (Å²) >= 11 is 0. The first-order chi connectivity index (χ1) is 8.60.